The van der Waals surface area contributed by atoms with Crippen LogP contribution in [0.3, 0.4) is 0 Å². The first-order valence-corrected chi connectivity index (χ1v) is 7.92. The number of urea groups is 1. The van der Waals surface area contributed by atoms with E-state index in [4.69, 9.17) is 0 Å². The van der Waals surface area contributed by atoms with Gasteiger partial charge in [0.1, 0.15) is 0 Å². The Morgan fingerprint density at radius 3 is 1.88 bits per heavy atom. The Labute approximate surface area is 151 Å². The summed E-state index contributed by atoms with van der Waals surface area (Å²) in [5.41, 5.74) is 2.59. The van der Waals surface area contributed by atoms with Gasteiger partial charge in [-0.2, -0.15) is 0 Å². The molecule has 0 spiro atoms. The Morgan fingerprint density at radius 1 is 0.769 bits per heavy atom. The van der Waals surface area contributed by atoms with E-state index in [0.717, 1.165) is 5.56 Å². The zero-order valence-corrected chi connectivity index (χ0v) is 14.5. The lowest BCUT2D eigenvalue weighted by Gasteiger charge is -2.06. The summed E-state index contributed by atoms with van der Waals surface area (Å²) >= 11 is 0. The average molecular weight is 352 g/mol. The average Bonchev–Trinajstić information content (AvgIpc) is 2.67. The third-order valence-electron chi connectivity index (χ3n) is 3.46. The molecule has 0 aliphatic carbocycles. The van der Waals surface area contributed by atoms with Crippen molar-refractivity contribution in [1.82, 2.24) is 10.6 Å². The van der Waals surface area contributed by atoms with Gasteiger partial charge >= 0.3 is 6.03 Å². The maximum atomic E-state index is 12.0. The molecule has 4 N–H and O–H groups in total. The molecular formula is C19H20N4O3. The van der Waals surface area contributed by atoms with Crippen molar-refractivity contribution in [2.24, 2.45) is 0 Å². The molecule has 0 unspecified atom stereocenters. The summed E-state index contributed by atoms with van der Waals surface area (Å²) in [6.07, 6.45) is 3.07. The molecule has 0 bridgehead atoms. The van der Waals surface area contributed by atoms with Gasteiger partial charge in [-0.05, 0) is 48.0 Å². The lowest BCUT2D eigenvalue weighted by Crippen LogP contribution is -2.24. The van der Waals surface area contributed by atoms with Crippen LogP contribution in [0.2, 0.25) is 0 Å². The van der Waals surface area contributed by atoms with E-state index in [9.17, 15) is 14.4 Å². The molecule has 0 atom stereocenters. The van der Waals surface area contributed by atoms with Gasteiger partial charge in [0, 0.05) is 37.1 Å². The van der Waals surface area contributed by atoms with Crippen molar-refractivity contribution in [2.45, 2.75) is 0 Å². The van der Waals surface area contributed by atoms with Crippen molar-refractivity contribution in [3.8, 4) is 0 Å². The van der Waals surface area contributed by atoms with Crippen molar-refractivity contribution in [1.29, 1.82) is 0 Å². The summed E-state index contributed by atoms with van der Waals surface area (Å²) in [5.74, 6) is -0.444. The predicted molar refractivity (Wildman–Crippen MR) is 102 cm³/mol. The maximum Gasteiger partial charge on any atom is 0.318 e. The largest absolute Gasteiger partial charge is 0.355 e. The number of carbonyl (C=O) groups is 3. The second-order valence-corrected chi connectivity index (χ2v) is 5.31. The highest BCUT2D eigenvalue weighted by atomic mass is 16.2. The first kappa shape index (κ1) is 18.7. The normalized spacial score (nSPS) is 10.2. The molecule has 2 aromatic rings. The SMILES string of the molecule is CNC(=O)Nc1ccc(NC(=O)/C=C/c2ccc(C(=O)NC)cc2)cc1. The molecule has 0 aliphatic rings. The topological polar surface area (TPSA) is 99.3 Å². The molecule has 7 nitrogen and oxygen atoms in total. The molecule has 0 saturated carbocycles. The van der Waals surface area contributed by atoms with Gasteiger partial charge in [0.15, 0.2) is 0 Å². The number of hydrogen-bond acceptors (Lipinski definition) is 3. The maximum absolute atomic E-state index is 12.0. The first-order chi connectivity index (χ1) is 12.5. The lowest BCUT2D eigenvalue weighted by atomic mass is 10.1. The van der Waals surface area contributed by atoms with Crippen molar-refractivity contribution in [2.75, 3.05) is 24.7 Å². The Bertz CT molecular complexity index is 812. The van der Waals surface area contributed by atoms with Gasteiger partial charge in [-0.1, -0.05) is 12.1 Å². The van der Waals surface area contributed by atoms with Gasteiger partial charge in [-0.15, -0.1) is 0 Å². The molecule has 0 aliphatic heterocycles. The summed E-state index contributed by atoms with van der Waals surface area (Å²) in [6.45, 7) is 0. The van der Waals surface area contributed by atoms with Crippen molar-refractivity contribution < 1.29 is 14.4 Å². The number of nitrogens with one attached hydrogen (secondary N) is 4. The Kier molecular flexibility index (Phi) is 6.50. The summed E-state index contributed by atoms with van der Waals surface area (Å²) in [7, 11) is 3.10. The zero-order valence-electron chi connectivity index (χ0n) is 14.5. The fourth-order valence-corrected chi connectivity index (χ4v) is 2.08. The minimum atomic E-state index is -0.313. The lowest BCUT2D eigenvalue weighted by molar-refractivity contribution is -0.111. The number of anilines is 2. The molecule has 7 heteroatoms. The van der Waals surface area contributed by atoms with Crippen LogP contribution in [-0.2, 0) is 4.79 Å². The second kappa shape index (κ2) is 9.03. The molecule has 2 aromatic carbocycles. The predicted octanol–water partition coefficient (Wildman–Crippen LogP) is 2.45. The van der Waals surface area contributed by atoms with Gasteiger partial charge in [-0.3, -0.25) is 9.59 Å². The van der Waals surface area contributed by atoms with Gasteiger partial charge in [0.2, 0.25) is 5.91 Å². The molecule has 26 heavy (non-hydrogen) atoms. The Hall–Kier alpha value is -3.61. The summed E-state index contributed by atoms with van der Waals surface area (Å²) < 4.78 is 0. The molecule has 0 aromatic heterocycles. The quantitative estimate of drug-likeness (QED) is 0.622. The third kappa shape index (κ3) is 5.48. The highest BCUT2D eigenvalue weighted by molar-refractivity contribution is 6.02. The molecule has 0 heterocycles. The highest BCUT2D eigenvalue weighted by Gasteiger charge is 2.02. The van der Waals surface area contributed by atoms with Crippen LogP contribution in [-0.4, -0.2) is 31.9 Å². The van der Waals surface area contributed by atoms with E-state index in [1.807, 2.05) is 0 Å². The summed E-state index contributed by atoms with van der Waals surface area (Å²) in [5, 5.41) is 10.4. The van der Waals surface area contributed by atoms with Crippen LogP contribution in [0.4, 0.5) is 16.2 Å². The first-order valence-electron chi connectivity index (χ1n) is 7.92. The van der Waals surface area contributed by atoms with Crippen LogP contribution in [0.25, 0.3) is 6.08 Å². The smallest absolute Gasteiger partial charge is 0.318 e. The van der Waals surface area contributed by atoms with Crippen LogP contribution in [0.5, 0.6) is 0 Å². The Balaban J connectivity index is 1.92. The molecule has 0 radical (unpaired) electrons. The minimum absolute atomic E-state index is 0.160. The fourth-order valence-electron chi connectivity index (χ4n) is 2.08. The minimum Gasteiger partial charge on any atom is -0.355 e. The van der Waals surface area contributed by atoms with E-state index in [0.29, 0.717) is 16.9 Å². The standard InChI is InChI=1S/C19H20N4O3/c1-20-18(25)14-6-3-13(4-7-14)5-12-17(24)22-15-8-10-16(11-9-15)23-19(26)21-2/h3-12H,1-2H3,(H,20,25)(H,22,24)(H2,21,23,26)/b12-5+. The fraction of sp³-hybridized carbons (Fsp3) is 0.105. The summed E-state index contributed by atoms with van der Waals surface area (Å²) in [6, 6.07) is 13.3. The van der Waals surface area contributed by atoms with Gasteiger partial charge in [0.05, 0.1) is 0 Å². The Morgan fingerprint density at radius 2 is 1.35 bits per heavy atom. The van der Waals surface area contributed by atoms with Gasteiger partial charge < -0.3 is 21.3 Å². The van der Waals surface area contributed by atoms with E-state index in [-0.39, 0.29) is 17.8 Å². The van der Waals surface area contributed by atoms with Crippen LogP contribution in [0, 0.1) is 0 Å². The van der Waals surface area contributed by atoms with E-state index >= 15 is 0 Å². The zero-order chi connectivity index (χ0) is 18.9. The van der Waals surface area contributed by atoms with Crippen LogP contribution in [0.15, 0.2) is 54.6 Å². The molecule has 4 amide bonds. The van der Waals surface area contributed by atoms with Crippen molar-refractivity contribution in [3.63, 3.8) is 0 Å². The highest BCUT2D eigenvalue weighted by Crippen LogP contribution is 2.14. The van der Waals surface area contributed by atoms with E-state index in [1.54, 1.807) is 61.7 Å². The number of hydrogen-bond donors (Lipinski definition) is 4. The molecule has 0 saturated heterocycles. The van der Waals surface area contributed by atoms with Crippen molar-refractivity contribution in [3.05, 3.63) is 65.7 Å². The number of carbonyl (C=O) groups excluding carboxylic acids is 3. The number of rotatable bonds is 5. The van der Waals surface area contributed by atoms with Gasteiger partial charge in [0.25, 0.3) is 5.91 Å². The van der Waals surface area contributed by atoms with E-state index < -0.39 is 0 Å². The summed E-state index contributed by atoms with van der Waals surface area (Å²) in [4.78, 5) is 34.7. The molecular weight excluding hydrogens is 332 g/mol. The van der Waals surface area contributed by atoms with E-state index in [1.165, 1.54) is 13.1 Å². The van der Waals surface area contributed by atoms with Crippen molar-refractivity contribution >= 4 is 35.3 Å². The molecule has 0 fully saturated rings. The third-order valence-corrected chi connectivity index (χ3v) is 3.46. The molecule has 2 rings (SSSR count). The van der Waals surface area contributed by atoms with E-state index in [2.05, 4.69) is 21.3 Å². The molecule has 134 valence electrons. The number of benzene rings is 2. The van der Waals surface area contributed by atoms with Crippen LogP contribution < -0.4 is 21.3 Å². The second-order valence-electron chi connectivity index (χ2n) is 5.31. The number of amides is 4. The van der Waals surface area contributed by atoms with Gasteiger partial charge in [-0.25, -0.2) is 4.79 Å². The van der Waals surface area contributed by atoms with Crippen LogP contribution >= 0.6 is 0 Å². The van der Waals surface area contributed by atoms with Crippen LogP contribution in [0.1, 0.15) is 15.9 Å². The monoisotopic (exact) mass is 352 g/mol.